The van der Waals surface area contributed by atoms with Crippen LogP contribution in [-0.2, 0) is 11.2 Å². The second-order valence-corrected chi connectivity index (χ2v) is 5.26. The first-order valence-electron chi connectivity index (χ1n) is 6.51. The molecule has 0 aromatic heterocycles. The number of carbonyl (C=O) groups is 1. The molecule has 23 heavy (non-hydrogen) atoms. The van der Waals surface area contributed by atoms with E-state index in [-0.39, 0.29) is 6.54 Å². The van der Waals surface area contributed by atoms with Crippen molar-refractivity contribution in [3.8, 4) is 5.75 Å². The molecular weight excluding hydrogens is 326 g/mol. The quantitative estimate of drug-likeness (QED) is 0.283. The average molecular weight is 339 g/mol. The van der Waals surface area contributed by atoms with Crippen LogP contribution in [0.2, 0.25) is 0 Å². The van der Waals surface area contributed by atoms with Gasteiger partial charge in [-0.05, 0) is 12.8 Å². The van der Waals surface area contributed by atoms with Crippen LogP contribution in [0.5, 0.6) is 5.75 Å². The van der Waals surface area contributed by atoms with Crippen LogP contribution in [0, 0.1) is 23.3 Å². The van der Waals surface area contributed by atoms with Gasteiger partial charge in [-0.3, -0.25) is 10.1 Å². The summed E-state index contributed by atoms with van der Waals surface area (Å²) in [5.41, 5.74) is -2.81. The van der Waals surface area contributed by atoms with Gasteiger partial charge in [0.05, 0.1) is 6.10 Å². The lowest BCUT2D eigenvalue weighted by molar-refractivity contribution is -0.146. The Labute approximate surface area is 127 Å². The van der Waals surface area contributed by atoms with Crippen molar-refractivity contribution >= 4 is 5.97 Å². The van der Waals surface area contributed by atoms with Crippen LogP contribution in [0.3, 0.4) is 0 Å². The lowest BCUT2D eigenvalue weighted by atomic mass is 9.93. The van der Waals surface area contributed by atoms with Crippen molar-refractivity contribution < 1.29 is 42.8 Å². The predicted molar refractivity (Wildman–Crippen MR) is 66.6 cm³/mol. The zero-order chi connectivity index (χ0) is 17.5. The fraction of sp³-hybridized carbons (Fsp3) is 0.462. The molecule has 0 spiro atoms. The molecule has 0 aliphatic carbocycles. The third kappa shape index (κ3) is 2.84. The number of aliphatic hydroxyl groups is 2. The highest BCUT2D eigenvalue weighted by molar-refractivity contribution is 5.83. The van der Waals surface area contributed by atoms with E-state index < -0.39 is 71.1 Å². The smallest absolute Gasteiger partial charge is 0.328 e. The van der Waals surface area contributed by atoms with E-state index in [0.29, 0.717) is 0 Å². The lowest BCUT2D eigenvalue weighted by Gasteiger charge is -2.22. The second-order valence-electron chi connectivity index (χ2n) is 5.26. The van der Waals surface area contributed by atoms with Crippen molar-refractivity contribution in [3.63, 3.8) is 0 Å². The fourth-order valence-corrected chi connectivity index (χ4v) is 2.25. The van der Waals surface area contributed by atoms with Gasteiger partial charge in [0.2, 0.25) is 11.6 Å². The highest BCUT2D eigenvalue weighted by atomic mass is 19.2. The molecule has 128 valence electrons. The maximum atomic E-state index is 13.5. The molecule has 1 aliphatic heterocycles. The van der Waals surface area contributed by atoms with E-state index in [1.54, 1.807) is 0 Å². The van der Waals surface area contributed by atoms with Gasteiger partial charge in [-0.25, -0.2) is 8.78 Å². The molecule has 0 radical (unpaired) electrons. The highest BCUT2D eigenvalue weighted by Crippen LogP contribution is 2.31. The molecule has 0 bridgehead atoms. The molecular formula is C13H13F4NO5. The van der Waals surface area contributed by atoms with E-state index in [0.717, 1.165) is 0 Å². The van der Waals surface area contributed by atoms with E-state index in [4.69, 9.17) is 10.2 Å². The first-order chi connectivity index (χ1) is 10.6. The summed E-state index contributed by atoms with van der Waals surface area (Å²) in [4.78, 5) is 11.0. The zero-order valence-corrected chi connectivity index (χ0v) is 11.5. The van der Waals surface area contributed by atoms with Gasteiger partial charge in [0.15, 0.2) is 22.9 Å². The van der Waals surface area contributed by atoms with E-state index in [2.05, 4.69) is 5.32 Å². The summed E-state index contributed by atoms with van der Waals surface area (Å²) in [6.45, 7) is -0.105. The average Bonchev–Trinajstić information content (AvgIpc) is 3.31. The summed E-state index contributed by atoms with van der Waals surface area (Å²) in [6.07, 6.45) is -4.77. The molecule has 1 fully saturated rings. The van der Waals surface area contributed by atoms with Crippen LogP contribution < -0.4 is 5.32 Å². The number of aliphatic hydroxyl groups excluding tert-OH is 2. The number of aromatic hydroxyl groups is 1. The van der Waals surface area contributed by atoms with Gasteiger partial charge in [0.25, 0.3) is 0 Å². The number of halogens is 4. The summed E-state index contributed by atoms with van der Waals surface area (Å²) in [6, 6.07) is 0. The maximum absolute atomic E-state index is 13.5. The monoisotopic (exact) mass is 339 g/mol. The van der Waals surface area contributed by atoms with E-state index in [1.807, 2.05) is 0 Å². The van der Waals surface area contributed by atoms with Gasteiger partial charge in [-0.2, -0.15) is 8.78 Å². The predicted octanol–water partition coefficient (Wildman–Crippen LogP) is 0.0296. The Kier molecular flexibility index (Phi) is 4.51. The highest BCUT2D eigenvalue weighted by Gasteiger charge is 2.58. The Morgan fingerprint density at radius 1 is 1.13 bits per heavy atom. The Bertz CT molecular complexity index is 621. The minimum absolute atomic E-state index is 0.105. The molecule has 2 rings (SSSR count). The van der Waals surface area contributed by atoms with Gasteiger partial charge in [-0.15, -0.1) is 0 Å². The number of benzene rings is 1. The van der Waals surface area contributed by atoms with E-state index >= 15 is 0 Å². The molecule has 5 N–H and O–H groups in total. The summed E-state index contributed by atoms with van der Waals surface area (Å²) in [5.74, 6) is -10.8. The largest absolute Gasteiger partial charge is 0.503 e. The van der Waals surface area contributed by atoms with Gasteiger partial charge in [-0.1, -0.05) is 0 Å². The zero-order valence-electron chi connectivity index (χ0n) is 11.5. The summed E-state index contributed by atoms with van der Waals surface area (Å²) >= 11 is 0. The third-order valence-electron chi connectivity index (χ3n) is 3.83. The fourth-order valence-electron chi connectivity index (χ4n) is 2.25. The van der Waals surface area contributed by atoms with Crippen molar-refractivity contribution in [2.24, 2.45) is 0 Å². The van der Waals surface area contributed by atoms with Crippen molar-refractivity contribution in [3.05, 3.63) is 28.8 Å². The van der Waals surface area contributed by atoms with Crippen LogP contribution >= 0.6 is 0 Å². The Morgan fingerprint density at radius 2 is 1.61 bits per heavy atom. The summed E-state index contributed by atoms with van der Waals surface area (Å²) < 4.78 is 53.5. The second kappa shape index (κ2) is 5.95. The van der Waals surface area contributed by atoms with Gasteiger partial charge < -0.3 is 20.4 Å². The number of nitrogens with one attached hydrogen (secondary N) is 1. The number of rotatable bonds is 6. The van der Waals surface area contributed by atoms with Crippen LogP contribution in [-0.4, -0.2) is 50.7 Å². The molecule has 1 aromatic carbocycles. The molecule has 0 amide bonds. The molecule has 6 nitrogen and oxygen atoms in total. The SMILES string of the molecule is O=C(O)C1(C(O)C(O)CCc2c(F)c(F)c(O)c(F)c2F)CN1. The Hall–Kier alpha value is -1.91. The maximum Gasteiger partial charge on any atom is 0.328 e. The number of hydrogen-bond acceptors (Lipinski definition) is 5. The van der Waals surface area contributed by atoms with Gasteiger partial charge in [0.1, 0.15) is 6.10 Å². The number of phenols is 1. The first-order valence-corrected chi connectivity index (χ1v) is 6.51. The molecule has 3 atom stereocenters. The number of aliphatic carboxylic acids is 1. The van der Waals surface area contributed by atoms with E-state index in [1.165, 1.54) is 0 Å². The normalized spacial score (nSPS) is 22.7. The molecule has 0 saturated carbocycles. The lowest BCUT2D eigenvalue weighted by Crippen LogP contribution is -2.47. The minimum Gasteiger partial charge on any atom is -0.503 e. The standard InChI is InChI=1S/C13H13F4NO5/c14-6-4(7(15)9(17)10(20)8(6)16)1-2-5(19)11(21)13(3-18-13)12(22)23/h5,11,18-21H,1-3H2,(H,22,23). The van der Waals surface area contributed by atoms with Crippen LogP contribution in [0.4, 0.5) is 17.6 Å². The number of carboxylic acid groups (broad SMARTS) is 1. The topological polar surface area (TPSA) is 120 Å². The number of hydrogen-bond donors (Lipinski definition) is 5. The molecule has 1 heterocycles. The van der Waals surface area contributed by atoms with Crippen molar-refractivity contribution in [1.29, 1.82) is 0 Å². The van der Waals surface area contributed by atoms with Gasteiger partial charge in [0, 0.05) is 12.1 Å². The van der Waals surface area contributed by atoms with Crippen molar-refractivity contribution in [2.45, 2.75) is 30.6 Å². The molecule has 1 aromatic rings. The third-order valence-corrected chi connectivity index (χ3v) is 3.83. The van der Waals surface area contributed by atoms with Crippen LogP contribution in [0.1, 0.15) is 12.0 Å². The molecule has 10 heteroatoms. The van der Waals surface area contributed by atoms with Crippen molar-refractivity contribution in [2.75, 3.05) is 6.54 Å². The molecule has 1 saturated heterocycles. The summed E-state index contributed by atoms with van der Waals surface area (Å²) in [5, 5.41) is 39.6. The van der Waals surface area contributed by atoms with Crippen LogP contribution in [0.25, 0.3) is 0 Å². The number of phenolic OH excluding ortho intramolecular Hbond substituents is 1. The Balaban J connectivity index is 2.14. The van der Waals surface area contributed by atoms with Gasteiger partial charge >= 0.3 is 5.97 Å². The van der Waals surface area contributed by atoms with Crippen molar-refractivity contribution in [1.82, 2.24) is 5.32 Å². The summed E-state index contributed by atoms with van der Waals surface area (Å²) in [7, 11) is 0. The first kappa shape index (κ1) is 17.4. The Morgan fingerprint density at radius 3 is 2.00 bits per heavy atom. The molecule has 1 aliphatic rings. The van der Waals surface area contributed by atoms with Crippen LogP contribution in [0.15, 0.2) is 0 Å². The number of carboxylic acids is 1. The molecule has 3 unspecified atom stereocenters. The van der Waals surface area contributed by atoms with E-state index in [9.17, 15) is 32.6 Å². The minimum atomic E-state index is -1.97.